The van der Waals surface area contributed by atoms with Crippen molar-refractivity contribution in [1.29, 1.82) is 0 Å². The smallest absolute Gasteiger partial charge is 0.303 e. The maximum atomic E-state index is 12.5. The lowest BCUT2D eigenvalue weighted by Crippen LogP contribution is -2.23. The summed E-state index contributed by atoms with van der Waals surface area (Å²) in [5.74, 6) is 0.612. The third kappa shape index (κ3) is 7.03. The van der Waals surface area contributed by atoms with Crippen LogP contribution in [0.3, 0.4) is 0 Å². The van der Waals surface area contributed by atoms with E-state index in [1.165, 1.54) is 0 Å². The van der Waals surface area contributed by atoms with Crippen LogP contribution in [0.2, 0.25) is 0 Å². The molecule has 3 rings (SSSR count). The molecule has 1 heterocycles. The number of amides is 1. The Morgan fingerprint density at radius 3 is 2.42 bits per heavy atom. The van der Waals surface area contributed by atoms with E-state index in [0.717, 1.165) is 41.9 Å². The molecule has 0 saturated carbocycles. The molecular weight excluding hydrogens is 394 g/mol. The van der Waals surface area contributed by atoms with E-state index in [-0.39, 0.29) is 12.3 Å². The number of carboxylic acid groups (broad SMARTS) is 1. The lowest BCUT2D eigenvalue weighted by atomic mass is 10.1. The van der Waals surface area contributed by atoms with Crippen LogP contribution in [0, 0.1) is 0 Å². The van der Waals surface area contributed by atoms with Crippen LogP contribution in [0.5, 0.6) is 5.75 Å². The van der Waals surface area contributed by atoms with Crippen molar-refractivity contribution in [3.8, 4) is 17.1 Å². The summed E-state index contributed by atoms with van der Waals surface area (Å²) in [7, 11) is 0. The summed E-state index contributed by atoms with van der Waals surface area (Å²) >= 11 is 0. The number of carboxylic acids is 1. The first-order chi connectivity index (χ1) is 15.1. The van der Waals surface area contributed by atoms with Crippen LogP contribution >= 0.6 is 0 Å². The minimum Gasteiger partial charge on any atom is -0.493 e. The summed E-state index contributed by atoms with van der Waals surface area (Å²) in [5, 5.41) is 11.6. The standard InChI is InChI=1S/C25H27NO5/c27-24(28)11-3-1-2-6-16-30-23-9-5-4-8-21(23)18-26-25(29)20-14-12-19(13-15-20)22-10-7-17-31-22/h4-5,7-10,12-15,17H,1-3,6,11,16,18H2,(H,26,29)(H,27,28). The number of nitrogens with one attached hydrogen (secondary N) is 1. The Balaban J connectivity index is 1.46. The number of unbranched alkanes of at least 4 members (excludes halogenated alkanes) is 3. The number of hydrogen-bond acceptors (Lipinski definition) is 4. The molecule has 0 saturated heterocycles. The average molecular weight is 421 g/mol. The molecule has 0 unspecified atom stereocenters. The number of ether oxygens (including phenoxy) is 1. The fourth-order valence-electron chi connectivity index (χ4n) is 3.21. The number of carbonyl (C=O) groups is 2. The van der Waals surface area contributed by atoms with Gasteiger partial charge in [-0.15, -0.1) is 0 Å². The van der Waals surface area contributed by atoms with Crippen LogP contribution in [0.15, 0.2) is 71.3 Å². The summed E-state index contributed by atoms with van der Waals surface area (Å²) in [5.41, 5.74) is 2.41. The number of carbonyl (C=O) groups excluding carboxylic acids is 1. The van der Waals surface area contributed by atoms with Crippen molar-refractivity contribution < 1.29 is 23.8 Å². The van der Waals surface area contributed by atoms with Crippen molar-refractivity contribution in [2.75, 3.05) is 6.61 Å². The summed E-state index contributed by atoms with van der Waals surface area (Å²) in [4.78, 5) is 23.0. The molecule has 0 spiro atoms. The van der Waals surface area contributed by atoms with Gasteiger partial charge in [-0.05, 0) is 43.2 Å². The topological polar surface area (TPSA) is 88.8 Å². The molecule has 0 fully saturated rings. The Bertz CT molecular complexity index is 964. The monoisotopic (exact) mass is 421 g/mol. The predicted octanol–water partition coefficient (Wildman–Crippen LogP) is 5.29. The van der Waals surface area contributed by atoms with E-state index < -0.39 is 5.97 Å². The minimum atomic E-state index is -0.749. The van der Waals surface area contributed by atoms with Gasteiger partial charge in [0.05, 0.1) is 12.9 Å². The molecule has 0 aliphatic carbocycles. The second-order valence-corrected chi connectivity index (χ2v) is 7.25. The molecule has 0 radical (unpaired) electrons. The summed E-state index contributed by atoms with van der Waals surface area (Å²) in [6.45, 7) is 0.930. The van der Waals surface area contributed by atoms with Crippen molar-refractivity contribution >= 4 is 11.9 Å². The molecule has 6 nitrogen and oxygen atoms in total. The van der Waals surface area contributed by atoms with Crippen LogP contribution in [0.25, 0.3) is 11.3 Å². The molecular formula is C25H27NO5. The maximum Gasteiger partial charge on any atom is 0.303 e. The zero-order valence-corrected chi connectivity index (χ0v) is 17.4. The second-order valence-electron chi connectivity index (χ2n) is 7.25. The van der Waals surface area contributed by atoms with Crippen molar-refractivity contribution in [1.82, 2.24) is 5.32 Å². The fraction of sp³-hybridized carbons (Fsp3) is 0.280. The van der Waals surface area contributed by atoms with Crippen LogP contribution in [0.1, 0.15) is 48.0 Å². The van der Waals surface area contributed by atoms with Crippen molar-refractivity contribution in [2.45, 2.75) is 38.6 Å². The highest BCUT2D eigenvalue weighted by atomic mass is 16.5. The van der Waals surface area contributed by atoms with Gasteiger partial charge in [0.2, 0.25) is 0 Å². The third-order valence-corrected chi connectivity index (χ3v) is 4.91. The van der Waals surface area contributed by atoms with Crippen LogP contribution in [0.4, 0.5) is 0 Å². The molecule has 0 aliphatic heterocycles. The van der Waals surface area contributed by atoms with E-state index >= 15 is 0 Å². The molecule has 3 aromatic rings. The highest BCUT2D eigenvalue weighted by molar-refractivity contribution is 5.94. The highest BCUT2D eigenvalue weighted by Crippen LogP contribution is 2.21. The Labute approximate surface area is 181 Å². The Morgan fingerprint density at radius 2 is 1.68 bits per heavy atom. The van der Waals surface area contributed by atoms with Crippen molar-refractivity contribution in [2.24, 2.45) is 0 Å². The molecule has 162 valence electrons. The van der Waals surface area contributed by atoms with Gasteiger partial charge in [0.25, 0.3) is 5.91 Å². The first-order valence-electron chi connectivity index (χ1n) is 10.5. The Hall–Kier alpha value is -3.54. The Kier molecular flexibility index (Phi) is 8.29. The molecule has 2 aromatic carbocycles. The van der Waals surface area contributed by atoms with E-state index in [1.54, 1.807) is 18.4 Å². The highest BCUT2D eigenvalue weighted by Gasteiger charge is 2.09. The van der Waals surface area contributed by atoms with E-state index in [4.69, 9.17) is 14.3 Å². The van der Waals surface area contributed by atoms with Gasteiger partial charge in [-0.1, -0.05) is 43.2 Å². The molecule has 6 heteroatoms. The molecule has 0 aliphatic rings. The number of aliphatic carboxylic acids is 1. The number of rotatable bonds is 12. The van der Waals surface area contributed by atoms with Crippen LogP contribution < -0.4 is 10.1 Å². The molecule has 31 heavy (non-hydrogen) atoms. The molecule has 1 aromatic heterocycles. The fourth-order valence-corrected chi connectivity index (χ4v) is 3.21. The molecule has 0 bridgehead atoms. The molecule has 2 N–H and O–H groups in total. The minimum absolute atomic E-state index is 0.153. The second kappa shape index (κ2) is 11.6. The zero-order valence-electron chi connectivity index (χ0n) is 17.4. The normalized spacial score (nSPS) is 10.6. The van der Waals surface area contributed by atoms with Gasteiger partial charge in [0, 0.05) is 29.7 Å². The van der Waals surface area contributed by atoms with Gasteiger partial charge in [0.15, 0.2) is 0 Å². The quantitative estimate of drug-likeness (QED) is 0.388. The summed E-state index contributed by atoms with van der Waals surface area (Å²) in [6, 6.07) is 18.6. The van der Waals surface area contributed by atoms with E-state index in [9.17, 15) is 9.59 Å². The van der Waals surface area contributed by atoms with Gasteiger partial charge in [0.1, 0.15) is 11.5 Å². The summed E-state index contributed by atoms with van der Waals surface area (Å²) < 4.78 is 11.3. The van der Waals surface area contributed by atoms with Crippen LogP contribution in [-0.4, -0.2) is 23.6 Å². The van der Waals surface area contributed by atoms with E-state index in [2.05, 4.69) is 5.32 Å². The van der Waals surface area contributed by atoms with E-state index in [0.29, 0.717) is 25.1 Å². The van der Waals surface area contributed by atoms with Gasteiger partial charge in [-0.2, -0.15) is 0 Å². The number of benzene rings is 2. The summed E-state index contributed by atoms with van der Waals surface area (Å²) in [6.07, 6.45) is 5.21. The largest absolute Gasteiger partial charge is 0.493 e. The number of para-hydroxylation sites is 1. The van der Waals surface area contributed by atoms with Gasteiger partial charge in [-0.25, -0.2) is 0 Å². The Morgan fingerprint density at radius 1 is 0.903 bits per heavy atom. The average Bonchev–Trinajstić information content (AvgIpc) is 3.32. The van der Waals surface area contributed by atoms with Crippen molar-refractivity contribution in [3.05, 3.63) is 78.1 Å². The predicted molar refractivity (Wildman–Crippen MR) is 118 cm³/mol. The number of hydrogen-bond donors (Lipinski definition) is 2. The number of furan rings is 1. The lowest BCUT2D eigenvalue weighted by molar-refractivity contribution is -0.137. The third-order valence-electron chi connectivity index (χ3n) is 4.91. The lowest BCUT2D eigenvalue weighted by Gasteiger charge is -2.12. The van der Waals surface area contributed by atoms with Crippen LogP contribution in [-0.2, 0) is 11.3 Å². The van der Waals surface area contributed by atoms with E-state index in [1.807, 2.05) is 48.5 Å². The first kappa shape index (κ1) is 22.2. The molecule has 1 amide bonds. The maximum absolute atomic E-state index is 12.5. The van der Waals surface area contributed by atoms with Gasteiger partial charge >= 0.3 is 5.97 Å². The zero-order chi connectivity index (χ0) is 21.9. The van der Waals surface area contributed by atoms with Gasteiger partial charge < -0.3 is 19.6 Å². The van der Waals surface area contributed by atoms with Gasteiger partial charge in [-0.3, -0.25) is 9.59 Å². The SMILES string of the molecule is O=C(O)CCCCCCOc1ccccc1CNC(=O)c1ccc(-c2ccco2)cc1. The molecule has 0 atom stereocenters. The first-order valence-corrected chi connectivity index (χ1v) is 10.5. The van der Waals surface area contributed by atoms with Crippen molar-refractivity contribution in [3.63, 3.8) is 0 Å².